The monoisotopic (exact) mass is 248 g/mol. The lowest BCUT2D eigenvalue weighted by molar-refractivity contribution is -0.124. The first-order chi connectivity index (χ1) is 7.36. The first-order valence-corrected chi connectivity index (χ1v) is 5.95. The van der Waals surface area contributed by atoms with Gasteiger partial charge >= 0.3 is 0 Å². The third-order valence-electron chi connectivity index (χ3n) is 3.25. The van der Waals surface area contributed by atoms with Gasteiger partial charge in [0.15, 0.2) is 0 Å². The van der Waals surface area contributed by atoms with E-state index in [-0.39, 0.29) is 24.2 Å². The molecule has 0 aromatic heterocycles. The van der Waals surface area contributed by atoms with Gasteiger partial charge in [-0.15, -0.1) is 12.4 Å². The Hall–Kier alpha value is -0.320. The summed E-state index contributed by atoms with van der Waals surface area (Å²) in [4.78, 5) is 11.6. The highest BCUT2D eigenvalue weighted by molar-refractivity contribution is 5.85. The number of ether oxygens (including phenoxy) is 1. The molecule has 2 aliphatic rings. The maximum absolute atomic E-state index is 11.6. The van der Waals surface area contributed by atoms with E-state index < -0.39 is 0 Å². The van der Waals surface area contributed by atoms with Crippen molar-refractivity contribution < 1.29 is 9.53 Å². The van der Waals surface area contributed by atoms with Crippen LogP contribution in [0.2, 0.25) is 0 Å². The van der Waals surface area contributed by atoms with Gasteiger partial charge in [-0.3, -0.25) is 4.79 Å². The number of amides is 1. The Morgan fingerprint density at radius 2 is 2.31 bits per heavy atom. The second-order valence-corrected chi connectivity index (χ2v) is 4.43. The van der Waals surface area contributed by atoms with Crippen molar-refractivity contribution in [3.63, 3.8) is 0 Å². The molecule has 4 nitrogen and oxygen atoms in total. The molecule has 0 aromatic carbocycles. The van der Waals surface area contributed by atoms with Gasteiger partial charge in [-0.25, -0.2) is 0 Å². The van der Waals surface area contributed by atoms with Crippen molar-refractivity contribution >= 4 is 18.3 Å². The van der Waals surface area contributed by atoms with Crippen molar-refractivity contribution in [2.45, 2.75) is 31.7 Å². The third kappa shape index (κ3) is 3.92. The molecule has 0 saturated carbocycles. The maximum Gasteiger partial charge on any atom is 0.225 e. The highest BCUT2D eigenvalue weighted by Crippen LogP contribution is 2.12. The largest absolute Gasteiger partial charge is 0.381 e. The summed E-state index contributed by atoms with van der Waals surface area (Å²) in [6.07, 6.45) is 4.46. The van der Waals surface area contributed by atoms with Gasteiger partial charge in [0, 0.05) is 19.2 Å². The molecule has 2 rings (SSSR count). The SMILES string of the molecule is Cl.O=C(NCC[C@H]1CCCN1)C1CCOC1. The van der Waals surface area contributed by atoms with Crippen molar-refractivity contribution in [3.05, 3.63) is 0 Å². The fraction of sp³-hybridized carbons (Fsp3) is 0.909. The van der Waals surface area contributed by atoms with E-state index in [9.17, 15) is 4.79 Å². The van der Waals surface area contributed by atoms with Crippen LogP contribution in [-0.2, 0) is 9.53 Å². The molecule has 2 heterocycles. The fourth-order valence-corrected chi connectivity index (χ4v) is 2.26. The minimum Gasteiger partial charge on any atom is -0.381 e. The van der Waals surface area contributed by atoms with Crippen molar-refractivity contribution in [2.24, 2.45) is 5.92 Å². The van der Waals surface area contributed by atoms with Gasteiger partial charge in [-0.2, -0.15) is 0 Å². The molecule has 2 atom stereocenters. The average molecular weight is 249 g/mol. The minimum absolute atomic E-state index is 0. The molecule has 0 aliphatic carbocycles. The minimum atomic E-state index is 0. The zero-order valence-corrected chi connectivity index (χ0v) is 10.4. The first-order valence-electron chi connectivity index (χ1n) is 5.95. The van der Waals surface area contributed by atoms with Crippen molar-refractivity contribution in [1.29, 1.82) is 0 Å². The predicted molar refractivity (Wildman–Crippen MR) is 64.8 cm³/mol. The lowest BCUT2D eigenvalue weighted by Gasteiger charge is -2.12. The molecular weight excluding hydrogens is 228 g/mol. The summed E-state index contributed by atoms with van der Waals surface area (Å²) < 4.78 is 5.18. The summed E-state index contributed by atoms with van der Waals surface area (Å²) in [5, 5.41) is 6.42. The summed E-state index contributed by atoms with van der Waals surface area (Å²) in [6, 6.07) is 0.616. The van der Waals surface area contributed by atoms with Gasteiger partial charge in [0.25, 0.3) is 0 Å². The quantitative estimate of drug-likeness (QED) is 0.770. The van der Waals surface area contributed by atoms with Crippen LogP contribution < -0.4 is 10.6 Å². The lowest BCUT2D eigenvalue weighted by Crippen LogP contribution is -2.34. The number of hydrogen-bond donors (Lipinski definition) is 2. The standard InChI is InChI=1S/C11H20N2O2.ClH/c14-11(9-4-7-15-8-9)13-6-3-10-2-1-5-12-10;/h9-10,12H,1-8H2,(H,13,14);1H/t9?,10-;/m1./s1. The molecule has 2 N–H and O–H groups in total. The van der Waals surface area contributed by atoms with E-state index >= 15 is 0 Å². The van der Waals surface area contributed by atoms with Crippen LogP contribution in [0.1, 0.15) is 25.7 Å². The van der Waals surface area contributed by atoms with Crippen molar-refractivity contribution in [1.82, 2.24) is 10.6 Å². The number of rotatable bonds is 4. The smallest absolute Gasteiger partial charge is 0.225 e. The number of nitrogens with one attached hydrogen (secondary N) is 2. The van der Waals surface area contributed by atoms with E-state index in [4.69, 9.17) is 4.74 Å². The van der Waals surface area contributed by atoms with Gasteiger partial charge in [0.1, 0.15) is 0 Å². The van der Waals surface area contributed by atoms with Crippen molar-refractivity contribution in [2.75, 3.05) is 26.3 Å². The number of hydrogen-bond acceptors (Lipinski definition) is 3. The van der Waals surface area contributed by atoms with Gasteiger partial charge < -0.3 is 15.4 Å². The molecule has 5 heteroatoms. The Bertz CT molecular complexity index is 214. The van der Waals surface area contributed by atoms with Crippen LogP contribution in [0, 0.1) is 5.92 Å². The molecule has 1 unspecified atom stereocenters. The molecule has 0 radical (unpaired) electrons. The lowest BCUT2D eigenvalue weighted by atomic mass is 10.1. The summed E-state index contributed by atoms with van der Waals surface area (Å²) in [5.41, 5.74) is 0. The Morgan fingerprint density at radius 3 is 2.94 bits per heavy atom. The normalized spacial score (nSPS) is 28.8. The zero-order chi connectivity index (χ0) is 10.5. The first kappa shape index (κ1) is 13.7. The molecule has 0 bridgehead atoms. The molecule has 0 spiro atoms. The highest BCUT2D eigenvalue weighted by atomic mass is 35.5. The van der Waals surface area contributed by atoms with Gasteiger partial charge in [-0.05, 0) is 32.2 Å². The zero-order valence-electron chi connectivity index (χ0n) is 9.54. The van der Waals surface area contributed by atoms with Crippen LogP contribution in [0.25, 0.3) is 0 Å². The number of carbonyl (C=O) groups is 1. The third-order valence-corrected chi connectivity index (χ3v) is 3.25. The summed E-state index contributed by atoms with van der Waals surface area (Å²) >= 11 is 0. The van der Waals surface area contributed by atoms with Crippen LogP contribution in [0.3, 0.4) is 0 Å². The van der Waals surface area contributed by atoms with Crippen LogP contribution in [0.15, 0.2) is 0 Å². The summed E-state index contributed by atoms with van der Waals surface area (Å²) in [6.45, 7) is 3.28. The van der Waals surface area contributed by atoms with E-state index in [0.29, 0.717) is 12.6 Å². The molecule has 2 fully saturated rings. The molecule has 2 saturated heterocycles. The van der Waals surface area contributed by atoms with E-state index in [1.807, 2.05) is 0 Å². The molecule has 0 aromatic rings. The van der Waals surface area contributed by atoms with Crippen LogP contribution in [-0.4, -0.2) is 38.3 Å². The Balaban J connectivity index is 0.00000128. The maximum atomic E-state index is 11.6. The molecule has 2 aliphatic heterocycles. The number of carbonyl (C=O) groups excluding carboxylic acids is 1. The van der Waals surface area contributed by atoms with Gasteiger partial charge in [0.05, 0.1) is 12.5 Å². The predicted octanol–water partition coefficient (Wildman–Crippen LogP) is 0.703. The molecule has 16 heavy (non-hydrogen) atoms. The van der Waals surface area contributed by atoms with Gasteiger partial charge in [0.2, 0.25) is 5.91 Å². The Kier molecular flexibility index (Phi) is 6.09. The molecule has 94 valence electrons. The second kappa shape index (κ2) is 7.09. The fourth-order valence-electron chi connectivity index (χ4n) is 2.26. The van der Waals surface area contributed by atoms with E-state index in [1.165, 1.54) is 12.8 Å². The van der Waals surface area contributed by atoms with Crippen LogP contribution >= 0.6 is 12.4 Å². The average Bonchev–Trinajstić information content (AvgIpc) is 2.90. The van der Waals surface area contributed by atoms with Gasteiger partial charge in [-0.1, -0.05) is 0 Å². The van der Waals surface area contributed by atoms with Crippen LogP contribution in [0.5, 0.6) is 0 Å². The number of halogens is 1. The van der Waals surface area contributed by atoms with E-state index in [1.54, 1.807) is 0 Å². The Labute approximate surface area is 103 Å². The molecule has 1 amide bonds. The van der Waals surface area contributed by atoms with Crippen molar-refractivity contribution in [3.8, 4) is 0 Å². The van der Waals surface area contributed by atoms with E-state index in [0.717, 1.165) is 32.5 Å². The molecular formula is C11H21ClN2O2. The highest BCUT2D eigenvalue weighted by Gasteiger charge is 2.23. The Morgan fingerprint density at radius 1 is 1.44 bits per heavy atom. The summed E-state index contributed by atoms with van der Waals surface area (Å²) in [7, 11) is 0. The second-order valence-electron chi connectivity index (χ2n) is 4.43. The van der Waals surface area contributed by atoms with Crippen LogP contribution in [0.4, 0.5) is 0 Å². The van der Waals surface area contributed by atoms with E-state index in [2.05, 4.69) is 10.6 Å². The topological polar surface area (TPSA) is 50.4 Å². The summed E-state index contributed by atoms with van der Waals surface area (Å²) in [5.74, 6) is 0.270.